The highest BCUT2D eigenvalue weighted by atomic mass is 16.3. The first-order valence-corrected chi connectivity index (χ1v) is 7.63. The van der Waals surface area contributed by atoms with Gasteiger partial charge in [-0.25, -0.2) is 4.98 Å². The molecule has 23 heavy (non-hydrogen) atoms. The fourth-order valence-corrected chi connectivity index (χ4v) is 3.28. The number of hydrogen-bond acceptors (Lipinski definition) is 2. The van der Waals surface area contributed by atoms with Crippen molar-refractivity contribution in [2.75, 3.05) is 0 Å². The van der Waals surface area contributed by atoms with E-state index >= 15 is 0 Å². The van der Waals surface area contributed by atoms with Crippen molar-refractivity contribution in [3.63, 3.8) is 0 Å². The number of aromatic nitrogens is 2. The van der Waals surface area contributed by atoms with E-state index in [4.69, 9.17) is 4.42 Å². The van der Waals surface area contributed by atoms with Gasteiger partial charge >= 0.3 is 0 Å². The summed E-state index contributed by atoms with van der Waals surface area (Å²) in [5.41, 5.74) is 2.84. The van der Waals surface area contributed by atoms with Gasteiger partial charge in [0.15, 0.2) is 0 Å². The molecule has 0 aliphatic heterocycles. The number of benzene rings is 3. The Hall–Kier alpha value is -3.07. The summed E-state index contributed by atoms with van der Waals surface area (Å²) in [6.07, 6.45) is 3.76. The Morgan fingerprint density at radius 2 is 1.74 bits per heavy atom. The normalized spacial score (nSPS) is 11.7. The molecule has 0 radical (unpaired) electrons. The minimum absolute atomic E-state index is 0.895. The average Bonchev–Trinajstić information content (AvgIpc) is 3.15. The molecule has 0 saturated carbocycles. The molecule has 0 aliphatic carbocycles. The van der Waals surface area contributed by atoms with E-state index in [2.05, 4.69) is 59.6 Å². The van der Waals surface area contributed by atoms with Crippen LogP contribution in [0, 0.1) is 0 Å². The van der Waals surface area contributed by atoms with Gasteiger partial charge in [0.05, 0.1) is 5.56 Å². The van der Waals surface area contributed by atoms with Gasteiger partial charge in [-0.1, -0.05) is 36.4 Å². The monoisotopic (exact) mass is 298 g/mol. The predicted molar refractivity (Wildman–Crippen MR) is 93.4 cm³/mol. The molecule has 5 rings (SSSR count). The van der Waals surface area contributed by atoms with Gasteiger partial charge in [-0.05, 0) is 29.0 Å². The van der Waals surface area contributed by atoms with Crippen LogP contribution >= 0.6 is 0 Å². The summed E-state index contributed by atoms with van der Waals surface area (Å²) in [6.45, 7) is 0. The Morgan fingerprint density at radius 3 is 2.52 bits per heavy atom. The quantitative estimate of drug-likeness (QED) is 0.429. The van der Waals surface area contributed by atoms with Gasteiger partial charge in [0.2, 0.25) is 0 Å². The summed E-state index contributed by atoms with van der Waals surface area (Å²) < 4.78 is 8.23. The van der Waals surface area contributed by atoms with Crippen LogP contribution in [0.25, 0.3) is 44.1 Å². The van der Waals surface area contributed by atoms with Crippen molar-refractivity contribution in [1.29, 1.82) is 0 Å². The number of aryl methyl sites for hydroxylation is 1. The number of fused-ring (bicyclic) bond motifs is 4. The van der Waals surface area contributed by atoms with Gasteiger partial charge < -0.3 is 8.98 Å². The van der Waals surface area contributed by atoms with Crippen molar-refractivity contribution >= 4 is 32.7 Å². The predicted octanol–water partition coefficient (Wildman–Crippen LogP) is 5.14. The highest BCUT2D eigenvalue weighted by Gasteiger charge is 2.14. The lowest BCUT2D eigenvalue weighted by Crippen LogP contribution is -1.91. The van der Waals surface area contributed by atoms with Crippen molar-refractivity contribution in [3.8, 4) is 11.4 Å². The Morgan fingerprint density at radius 1 is 0.913 bits per heavy atom. The molecule has 0 aliphatic rings. The molecule has 0 N–H and O–H groups in total. The van der Waals surface area contributed by atoms with Crippen LogP contribution in [0.15, 0.2) is 71.4 Å². The summed E-state index contributed by atoms with van der Waals surface area (Å²) in [4.78, 5) is 4.46. The smallest absolute Gasteiger partial charge is 0.146 e. The Kier molecular flexibility index (Phi) is 2.42. The molecule has 2 heterocycles. The maximum absolute atomic E-state index is 6.22. The van der Waals surface area contributed by atoms with Crippen LogP contribution in [0.5, 0.6) is 0 Å². The van der Waals surface area contributed by atoms with Gasteiger partial charge in [0, 0.05) is 30.2 Å². The van der Waals surface area contributed by atoms with Gasteiger partial charge in [0.25, 0.3) is 0 Å². The van der Waals surface area contributed by atoms with E-state index in [-0.39, 0.29) is 0 Å². The van der Waals surface area contributed by atoms with Crippen LogP contribution in [0.4, 0.5) is 0 Å². The van der Waals surface area contributed by atoms with Gasteiger partial charge in [0.1, 0.15) is 17.0 Å². The minimum Gasteiger partial charge on any atom is -0.455 e. The molecule has 110 valence electrons. The van der Waals surface area contributed by atoms with Crippen LogP contribution in [-0.2, 0) is 7.05 Å². The van der Waals surface area contributed by atoms with Crippen LogP contribution < -0.4 is 0 Å². The van der Waals surface area contributed by atoms with Crippen molar-refractivity contribution < 1.29 is 4.42 Å². The van der Waals surface area contributed by atoms with Crippen molar-refractivity contribution in [2.45, 2.75) is 0 Å². The average molecular weight is 298 g/mol. The summed E-state index contributed by atoms with van der Waals surface area (Å²) in [6, 6.07) is 18.9. The maximum atomic E-state index is 6.22. The second kappa shape index (κ2) is 4.46. The molecule has 3 aromatic carbocycles. The molecule has 2 aromatic heterocycles. The lowest BCUT2D eigenvalue weighted by molar-refractivity contribution is 0.669. The van der Waals surface area contributed by atoms with Crippen LogP contribution in [0.1, 0.15) is 0 Å². The van der Waals surface area contributed by atoms with E-state index in [1.807, 2.05) is 24.0 Å². The summed E-state index contributed by atoms with van der Waals surface area (Å²) in [5, 5.41) is 4.70. The van der Waals surface area contributed by atoms with Crippen LogP contribution in [-0.4, -0.2) is 9.55 Å². The zero-order valence-electron chi connectivity index (χ0n) is 12.7. The third kappa shape index (κ3) is 1.73. The molecule has 0 bridgehead atoms. The first-order valence-electron chi connectivity index (χ1n) is 7.63. The van der Waals surface area contributed by atoms with E-state index in [1.165, 1.54) is 10.8 Å². The first-order chi connectivity index (χ1) is 11.3. The molecule has 0 unspecified atom stereocenters. The van der Waals surface area contributed by atoms with Crippen molar-refractivity contribution in [3.05, 3.63) is 67.0 Å². The first kappa shape index (κ1) is 12.5. The molecular formula is C20H14N2O. The van der Waals surface area contributed by atoms with Crippen LogP contribution in [0.3, 0.4) is 0 Å². The summed E-state index contributed by atoms with van der Waals surface area (Å²) >= 11 is 0. The standard InChI is InChI=1S/C20H14N2O/c1-22-10-9-21-20(22)16-8-4-7-15-17-11-13-5-2-3-6-14(13)12-18(17)23-19(15)16/h2-12H,1H3. The second-order valence-electron chi connectivity index (χ2n) is 5.84. The van der Waals surface area contributed by atoms with Gasteiger partial charge in [-0.2, -0.15) is 0 Å². The number of rotatable bonds is 1. The molecule has 0 atom stereocenters. The lowest BCUT2D eigenvalue weighted by atomic mass is 10.0. The highest BCUT2D eigenvalue weighted by molar-refractivity contribution is 6.12. The van der Waals surface area contributed by atoms with E-state index in [1.54, 1.807) is 0 Å². The lowest BCUT2D eigenvalue weighted by Gasteiger charge is -2.02. The maximum Gasteiger partial charge on any atom is 0.146 e. The van der Waals surface area contributed by atoms with Gasteiger partial charge in [-0.15, -0.1) is 0 Å². The van der Waals surface area contributed by atoms with Gasteiger partial charge in [-0.3, -0.25) is 0 Å². The number of furan rings is 1. The summed E-state index contributed by atoms with van der Waals surface area (Å²) in [7, 11) is 2.00. The van der Waals surface area contributed by atoms with Crippen molar-refractivity contribution in [1.82, 2.24) is 9.55 Å². The van der Waals surface area contributed by atoms with Crippen molar-refractivity contribution in [2.24, 2.45) is 7.05 Å². The third-order valence-corrected chi connectivity index (χ3v) is 4.43. The molecule has 3 heteroatoms. The number of nitrogens with zero attached hydrogens (tertiary/aromatic N) is 2. The largest absolute Gasteiger partial charge is 0.455 e. The SMILES string of the molecule is Cn1ccnc1-c1cccc2c1oc1cc3ccccc3cc12. The molecule has 0 fully saturated rings. The second-order valence-corrected chi connectivity index (χ2v) is 5.84. The third-order valence-electron chi connectivity index (χ3n) is 4.43. The Labute approximate surface area is 132 Å². The molecule has 0 spiro atoms. The van der Waals surface area contributed by atoms with E-state index < -0.39 is 0 Å². The Bertz CT molecular complexity index is 1180. The number of imidazole rings is 1. The highest BCUT2D eigenvalue weighted by Crippen LogP contribution is 2.36. The molecule has 5 aromatic rings. The zero-order chi connectivity index (χ0) is 15.4. The summed E-state index contributed by atoms with van der Waals surface area (Å²) in [5.74, 6) is 0.916. The molecule has 0 saturated heterocycles. The van der Waals surface area contributed by atoms with E-state index in [0.717, 1.165) is 33.3 Å². The molecule has 0 amide bonds. The fourth-order valence-electron chi connectivity index (χ4n) is 3.28. The number of para-hydroxylation sites is 1. The van der Waals surface area contributed by atoms with E-state index in [9.17, 15) is 0 Å². The molecular weight excluding hydrogens is 284 g/mol. The number of hydrogen-bond donors (Lipinski definition) is 0. The minimum atomic E-state index is 0.895. The fraction of sp³-hybridized carbons (Fsp3) is 0.0500. The molecule has 3 nitrogen and oxygen atoms in total. The van der Waals surface area contributed by atoms with E-state index in [0.29, 0.717) is 0 Å². The zero-order valence-corrected chi connectivity index (χ0v) is 12.7. The topological polar surface area (TPSA) is 31.0 Å². The Balaban J connectivity index is 1.93. The van der Waals surface area contributed by atoms with Crippen LogP contribution in [0.2, 0.25) is 0 Å².